The summed E-state index contributed by atoms with van der Waals surface area (Å²) in [5, 5.41) is 4.12. The lowest BCUT2D eigenvalue weighted by atomic mass is 10.1. The highest BCUT2D eigenvalue weighted by Gasteiger charge is 2.16. The molecule has 0 spiro atoms. The van der Waals surface area contributed by atoms with Crippen LogP contribution in [0, 0.1) is 0 Å². The van der Waals surface area contributed by atoms with E-state index in [1.807, 2.05) is 12.1 Å². The third kappa shape index (κ3) is 1.86. The Bertz CT molecular complexity index is 321. The van der Waals surface area contributed by atoms with Crippen LogP contribution in [0.4, 0.5) is 0 Å². The van der Waals surface area contributed by atoms with Crippen LogP contribution < -0.4 is 10.1 Å². The summed E-state index contributed by atoms with van der Waals surface area (Å²) in [4.78, 5) is 0. The van der Waals surface area contributed by atoms with Gasteiger partial charge in [-0.25, -0.2) is 0 Å². The van der Waals surface area contributed by atoms with Gasteiger partial charge in [0.2, 0.25) is 0 Å². The van der Waals surface area contributed by atoms with E-state index in [0.717, 1.165) is 12.3 Å². The van der Waals surface area contributed by atoms with E-state index in [1.54, 1.807) is 7.11 Å². The van der Waals surface area contributed by atoms with Gasteiger partial charge in [-0.2, -0.15) is 0 Å². The first kappa shape index (κ1) is 9.81. The van der Waals surface area contributed by atoms with Gasteiger partial charge in [0, 0.05) is 6.04 Å². The van der Waals surface area contributed by atoms with Crippen molar-refractivity contribution in [3.8, 4) is 5.75 Å². The van der Waals surface area contributed by atoms with Gasteiger partial charge in [0.1, 0.15) is 5.75 Å². The predicted molar refractivity (Wildman–Crippen MR) is 58.0 cm³/mol. The zero-order chi connectivity index (χ0) is 9.97. The molecule has 0 aliphatic carbocycles. The van der Waals surface area contributed by atoms with Gasteiger partial charge in [0.05, 0.1) is 12.1 Å². The van der Waals surface area contributed by atoms with Crippen molar-refractivity contribution in [3.63, 3.8) is 0 Å². The lowest BCUT2D eigenvalue weighted by Crippen LogP contribution is -2.12. The molecular weight excluding hydrogens is 198 g/mol. The van der Waals surface area contributed by atoms with Gasteiger partial charge in [0.15, 0.2) is 0 Å². The minimum Gasteiger partial charge on any atom is -0.495 e. The molecule has 1 fully saturated rings. The molecule has 1 aliphatic heterocycles. The summed E-state index contributed by atoms with van der Waals surface area (Å²) in [7, 11) is 1.65. The fourth-order valence-corrected chi connectivity index (χ4v) is 2.06. The van der Waals surface area contributed by atoms with Crippen LogP contribution in [-0.2, 0) is 0 Å². The Kier molecular flexibility index (Phi) is 2.94. The van der Waals surface area contributed by atoms with Crippen molar-refractivity contribution in [2.24, 2.45) is 0 Å². The molecule has 76 valence electrons. The molecular formula is C11H14ClNO. The minimum absolute atomic E-state index is 0.473. The first-order chi connectivity index (χ1) is 6.81. The highest BCUT2D eigenvalue weighted by atomic mass is 35.5. The predicted octanol–water partition coefficient (Wildman–Crippen LogP) is 2.77. The molecule has 1 aromatic rings. The smallest absolute Gasteiger partial charge is 0.137 e. The van der Waals surface area contributed by atoms with E-state index in [2.05, 4.69) is 11.4 Å². The average molecular weight is 212 g/mol. The molecule has 1 aliphatic rings. The van der Waals surface area contributed by atoms with Crippen molar-refractivity contribution >= 4 is 11.6 Å². The summed E-state index contributed by atoms with van der Waals surface area (Å²) in [5.74, 6) is 0.762. The van der Waals surface area contributed by atoms with Gasteiger partial charge in [-0.3, -0.25) is 0 Å². The van der Waals surface area contributed by atoms with Crippen LogP contribution in [0.5, 0.6) is 5.75 Å². The van der Waals surface area contributed by atoms with Crippen molar-refractivity contribution in [1.29, 1.82) is 0 Å². The first-order valence-electron chi connectivity index (χ1n) is 4.88. The van der Waals surface area contributed by atoms with Crippen molar-refractivity contribution in [3.05, 3.63) is 28.8 Å². The van der Waals surface area contributed by atoms with Crippen LogP contribution in [0.25, 0.3) is 0 Å². The Morgan fingerprint density at radius 1 is 1.50 bits per heavy atom. The first-order valence-corrected chi connectivity index (χ1v) is 5.26. The van der Waals surface area contributed by atoms with Crippen molar-refractivity contribution in [2.45, 2.75) is 18.9 Å². The zero-order valence-corrected chi connectivity index (χ0v) is 8.97. The topological polar surface area (TPSA) is 21.3 Å². The maximum atomic E-state index is 5.96. The van der Waals surface area contributed by atoms with Crippen molar-refractivity contribution in [1.82, 2.24) is 5.32 Å². The number of hydrogen-bond donors (Lipinski definition) is 1. The molecule has 0 radical (unpaired) electrons. The SMILES string of the molecule is COc1cc([C@H]2CCCN2)ccc1Cl. The van der Waals surface area contributed by atoms with E-state index in [4.69, 9.17) is 16.3 Å². The molecule has 0 unspecified atom stereocenters. The fourth-order valence-electron chi connectivity index (χ4n) is 1.86. The number of benzene rings is 1. The van der Waals surface area contributed by atoms with E-state index in [0.29, 0.717) is 11.1 Å². The number of ether oxygens (including phenoxy) is 1. The Labute approximate surface area is 89.2 Å². The van der Waals surface area contributed by atoms with Gasteiger partial charge >= 0.3 is 0 Å². The number of halogens is 1. The molecule has 1 saturated heterocycles. The lowest BCUT2D eigenvalue weighted by Gasteiger charge is -2.12. The van der Waals surface area contributed by atoms with Gasteiger partial charge in [-0.1, -0.05) is 17.7 Å². The molecule has 2 rings (SSSR count). The van der Waals surface area contributed by atoms with Gasteiger partial charge < -0.3 is 10.1 Å². The molecule has 14 heavy (non-hydrogen) atoms. The van der Waals surface area contributed by atoms with Crippen LogP contribution in [0.15, 0.2) is 18.2 Å². The number of hydrogen-bond acceptors (Lipinski definition) is 2. The maximum absolute atomic E-state index is 5.96. The highest BCUT2D eigenvalue weighted by Crippen LogP contribution is 2.30. The average Bonchev–Trinajstić information content (AvgIpc) is 2.71. The van der Waals surface area contributed by atoms with E-state index in [1.165, 1.54) is 18.4 Å². The summed E-state index contributed by atoms with van der Waals surface area (Å²) < 4.78 is 5.19. The second-order valence-electron chi connectivity index (χ2n) is 3.54. The summed E-state index contributed by atoms with van der Waals surface area (Å²) >= 11 is 5.96. The van der Waals surface area contributed by atoms with E-state index >= 15 is 0 Å². The number of rotatable bonds is 2. The van der Waals surface area contributed by atoms with Crippen molar-refractivity contribution in [2.75, 3.05) is 13.7 Å². The molecule has 3 heteroatoms. The van der Waals surface area contributed by atoms with Gasteiger partial charge in [-0.05, 0) is 37.1 Å². The summed E-state index contributed by atoms with van der Waals surface area (Å²) in [6, 6.07) is 6.45. The highest BCUT2D eigenvalue weighted by molar-refractivity contribution is 6.32. The molecule has 1 aromatic carbocycles. The Balaban J connectivity index is 2.25. The van der Waals surface area contributed by atoms with Crippen molar-refractivity contribution < 1.29 is 4.74 Å². The Morgan fingerprint density at radius 2 is 2.36 bits per heavy atom. The number of methoxy groups -OCH3 is 1. The summed E-state index contributed by atoms with van der Waals surface area (Å²) in [6.07, 6.45) is 2.44. The normalized spacial score (nSPS) is 21.1. The van der Waals surface area contributed by atoms with E-state index in [9.17, 15) is 0 Å². The monoisotopic (exact) mass is 211 g/mol. The summed E-state index contributed by atoms with van der Waals surface area (Å²) in [5.41, 5.74) is 1.27. The van der Waals surface area contributed by atoms with Crippen LogP contribution >= 0.6 is 11.6 Å². The van der Waals surface area contributed by atoms with Crippen LogP contribution in [0.1, 0.15) is 24.4 Å². The second-order valence-corrected chi connectivity index (χ2v) is 3.95. The molecule has 0 saturated carbocycles. The molecule has 1 N–H and O–H groups in total. The molecule has 0 bridgehead atoms. The van der Waals surface area contributed by atoms with Gasteiger partial charge in [0.25, 0.3) is 0 Å². The quantitative estimate of drug-likeness (QED) is 0.813. The lowest BCUT2D eigenvalue weighted by molar-refractivity contribution is 0.413. The molecule has 0 aromatic heterocycles. The van der Waals surface area contributed by atoms with Crippen LogP contribution in [0.2, 0.25) is 5.02 Å². The second kappa shape index (κ2) is 4.20. The van der Waals surface area contributed by atoms with E-state index in [-0.39, 0.29) is 0 Å². The molecule has 0 amide bonds. The largest absolute Gasteiger partial charge is 0.495 e. The third-order valence-corrected chi connectivity index (χ3v) is 2.95. The Morgan fingerprint density at radius 3 is 3.00 bits per heavy atom. The maximum Gasteiger partial charge on any atom is 0.137 e. The van der Waals surface area contributed by atoms with Crippen LogP contribution in [-0.4, -0.2) is 13.7 Å². The number of nitrogens with one attached hydrogen (secondary N) is 1. The fraction of sp³-hybridized carbons (Fsp3) is 0.455. The Hall–Kier alpha value is -0.730. The summed E-state index contributed by atoms with van der Waals surface area (Å²) in [6.45, 7) is 1.11. The van der Waals surface area contributed by atoms with E-state index < -0.39 is 0 Å². The van der Waals surface area contributed by atoms with Crippen LogP contribution in [0.3, 0.4) is 0 Å². The molecule has 2 nitrogen and oxygen atoms in total. The minimum atomic E-state index is 0.473. The zero-order valence-electron chi connectivity index (χ0n) is 8.22. The standard InChI is InChI=1S/C11H14ClNO/c1-14-11-7-8(4-5-9(11)12)10-3-2-6-13-10/h4-5,7,10,13H,2-3,6H2,1H3/t10-/m1/s1. The molecule has 1 heterocycles. The van der Waals surface area contributed by atoms with Gasteiger partial charge in [-0.15, -0.1) is 0 Å². The molecule has 1 atom stereocenters. The third-order valence-electron chi connectivity index (χ3n) is 2.64.